The first-order chi connectivity index (χ1) is 12.3. The zero-order chi connectivity index (χ0) is 17.5. The molecule has 4 heteroatoms. The van der Waals surface area contributed by atoms with Gasteiger partial charge in [0.05, 0.1) is 0 Å². The Labute approximate surface area is 163 Å². The summed E-state index contributed by atoms with van der Waals surface area (Å²) in [4.78, 5) is 14.9. The third kappa shape index (κ3) is 5.58. The molecule has 0 spiro atoms. The van der Waals surface area contributed by atoms with E-state index in [1.54, 1.807) is 0 Å². The second-order valence-electron chi connectivity index (χ2n) is 7.05. The summed E-state index contributed by atoms with van der Waals surface area (Å²) in [5.74, 6) is 1.13. The van der Waals surface area contributed by atoms with Gasteiger partial charge in [0.2, 0.25) is 5.91 Å². The van der Waals surface area contributed by atoms with Crippen LogP contribution in [0.2, 0.25) is 0 Å². The van der Waals surface area contributed by atoms with Crippen LogP contribution in [0.15, 0.2) is 60.7 Å². The molecule has 0 radical (unpaired) electrons. The monoisotopic (exact) mass is 372 g/mol. The number of carbonyl (C=O) groups is 1. The van der Waals surface area contributed by atoms with E-state index in [1.165, 1.54) is 11.1 Å². The van der Waals surface area contributed by atoms with Crippen LogP contribution in [0.25, 0.3) is 0 Å². The Bertz CT molecular complexity index is 662. The van der Waals surface area contributed by atoms with Crippen LogP contribution < -0.4 is 5.32 Å². The third-order valence-electron chi connectivity index (χ3n) is 5.15. The smallest absolute Gasteiger partial charge is 0.223 e. The molecule has 0 saturated carbocycles. The Kier molecular flexibility index (Phi) is 8.14. The molecule has 2 atom stereocenters. The lowest BCUT2D eigenvalue weighted by Gasteiger charge is -2.22. The first-order valence-corrected chi connectivity index (χ1v) is 9.27. The molecule has 1 aliphatic heterocycles. The SMILES string of the molecule is CNCC1CCN(C(=O)CC(Cc2ccccc2)c2ccccc2)C1.Cl. The Balaban J connectivity index is 0.00000243. The van der Waals surface area contributed by atoms with Crippen molar-refractivity contribution in [1.82, 2.24) is 10.2 Å². The number of nitrogens with zero attached hydrogens (tertiary/aromatic N) is 1. The van der Waals surface area contributed by atoms with Crippen molar-refractivity contribution in [1.29, 1.82) is 0 Å². The minimum atomic E-state index is 0. The number of amides is 1. The van der Waals surface area contributed by atoms with Crippen molar-refractivity contribution in [2.45, 2.75) is 25.2 Å². The van der Waals surface area contributed by atoms with Crippen molar-refractivity contribution in [2.24, 2.45) is 5.92 Å². The zero-order valence-corrected chi connectivity index (χ0v) is 16.3. The number of rotatable bonds is 7. The largest absolute Gasteiger partial charge is 0.342 e. The van der Waals surface area contributed by atoms with Crippen molar-refractivity contribution in [3.63, 3.8) is 0 Å². The van der Waals surface area contributed by atoms with Crippen LogP contribution in [0.5, 0.6) is 0 Å². The number of halogens is 1. The first-order valence-electron chi connectivity index (χ1n) is 9.27. The Morgan fingerprint density at radius 1 is 1.12 bits per heavy atom. The predicted octanol–water partition coefficient (Wildman–Crippen LogP) is 3.89. The van der Waals surface area contributed by atoms with Crippen LogP contribution in [0.1, 0.15) is 29.9 Å². The molecule has 1 aliphatic rings. The highest BCUT2D eigenvalue weighted by molar-refractivity contribution is 5.85. The van der Waals surface area contributed by atoms with Gasteiger partial charge in [0.15, 0.2) is 0 Å². The molecule has 3 rings (SSSR count). The van der Waals surface area contributed by atoms with Crippen molar-refractivity contribution >= 4 is 18.3 Å². The van der Waals surface area contributed by atoms with Gasteiger partial charge in [0.1, 0.15) is 0 Å². The van der Waals surface area contributed by atoms with Crippen LogP contribution in [0.4, 0.5) is 0 Å². The minimum Gasteiger partial charge on any atom is -0.342 e. The number of nitrogens with one attached hydrogen (secondary N) is 1. The summed E-state index contributed by atoms with van der Waals surface area (Å²) in [6, 6.07) is 20.9. The van der Waals surface area contributed by atoms with Crippen molar-refractivity contribution < 1.29 is 4.79 Å². The van der Waals surface area contributed by atoms with Crippen molar-refractivity contribution in [3.05, 3.63) is 71.8 Å². The fourth-order valence-electron chi connectivity index (χ4n) is 3.79. The zero-order valence-electron chi connectivity index (χ0n) is 15.4. The van der Waals surface area contributed by atoms with Crippen molar-refractivity contribution in [3.8, 4) is 0 Å². The third-order valence-corrected chi connectivity index (χ3v) is 5.15. The van der Waals surface area contributed by atoms with Gasteiger partial charge >= 0.3 is 0 Å². The quantitative estimate of drug-likeness (QED) is 0.799. The van der Waals surface area contributed by atoms with E-state index in [-0.39, 0.29) is 18.3 Å². The maximum atomic E-state index is 12.9. The Hall–Kier alpha value is -1.84. The molecule has 1 N–H and O–H groups in total. The highest BCUT2D eigenvalue weighted by Crippen LogP contribution is 2.27. The first kappa shape index (κ1) is 20.5. The number of likely N-dealkylation sites (tertiary alicyclic amines) is 1. The summed E-state index contributed by atoms with van der Waals surface area (Å²) < 4.78 is 0. The average Bonchev–Trinajstić information content (AvgIpc) is 3.12. The second-order valence-corrected chi connectivity index (χ2v) is 7.05. The highest BCUT2D eigenvalue weighted by Gasteiger charge is 2.27. The van der Waals surface area contributed by atoms with Gasteiger partial charge in [-0.05, 0) is 49.4 Å². The highest BCUT2D eigenvalue weighted by atomic mass is 35.5. The van der Waals surface area contributed by atoms with Gasteiger partial charge in [-0.1, -0.05) is 60.7 Å². The molecule has 3 nitrogen and oxygen atoms in total. The van der Waals surface area contributed by atoms with Crippen LogP contribution in [-0.4, -0.2) is 37.5 Å². The Morgan fingerprint density at radius 3 is 2.42 bits per heavy atom. The van der Waals surface area contributed by atoms with Gasteiger partial charge in [0.25, 0.3) is 0 Å². The molecule has 1 fully saturated rings. The maximum absolute atomic E-state index is 12.9. The molecule has 2 aromatic carbocycles. The van der Waals surface area contributed by atoms with Gasteiger partial charge < -0.3 is 10.2 Å². The molecule has 0 aromatic heterocycles. The molecular weight excluding hydrogens is 344 g/mol. The van der Waals surface area contributed by atoms with E-state index in [0.29, 0.717) is 18.2 Å². The van der Waals surface area contributed by atoms with Gasteiger partial charge in [-0.15, -0.1) is 12.4 Å². The average molecular weight is 373 g/mol. The van der Waals surface area contributed by atoms with E-state index in [9.17, 15) is 4.79 Å². The molecule has 26 heavy (non-hydrogen) atoms. The van der Waals surface area contributed by atoms with Gasteiger partial charge in [0, 0.05) is 19.5 Å². The van der Waals surface area contributed by atoms with Gasteiger partial charge in [-0.2, -0.15) is 0 Å². The van der Waals surface area contributed by atoms with E-state index in [2.05, 4.69) is 58.7 Å². The Morgan fingerprint density at radius 2 is 1.77 bits per heavy atom. The molecule has 140 valence electrons. The van der Waals surface area contributed by atoms with E-state index in [1.807, 2.05) is 19.2 Å². The number of hydrogen-bond acceptors (Lipinski definition) is 2. The fourth-order valence-corrected chi connectivity index (χ4v) is 3.79. The number of benzene rings is 2. The molecule has 1 saturated heterocycles. The predicted molar refractivity (Wildman–Crippen MR) is 110 cm³/mol. The van der Waals surface area contributed by atoms with Crippen LogP contribution in [0.3, 0.4) is 0 Å². The van der Waals surface area contributed by atoms with Gasteiger partial charge in [-0.25, -0.2) is 0 Å². The van der Waals surface area contributed by atoms with Crippen LogP contribution in [-0.2, 0) is 11.2 Å². The number of hydrogen-bond donors (Lipinski definition) is 1. The molecular formula is C22H29ClN2O. The summed E-state index contributed by atoms with van der Waals surface area (Å²) in [6.45, 7) is 2.79. The van der Waals surface area contributed by atoms with Gasteiger partial charge in [-0.3, -0.25) is 4.79 Å². The topological polar surface area (TPSA) is 32.3 Å². The molecule has 1 amide bonds. The molecule has 0 bridgehead atoms. The van der Waals surface area contributed by atoms with E-state index < -0.39 is 0 Å². The summed E-state index contributed by atoms with van der Waals surface area (Å²) in [7, 11) is 1.98. The lowest BCUT2D eigenvalue weighted by atomic mass is 9.89. The van der Waals surface area contributed by atoms with Crippen LogP contribution in [0, 0.1) is 5.92 Å². The lowest BCUT2D eigenvalue weighted by Crippen LogP contribution is -2.31. The fraction of sp³-hybridized carbons (Fsp3) is 0.409. The standard InChI is InChI=1S/C22H28N2O.ClH/c1-23-16-19-12-13-24(17-19)22(25)15-21(20-10-6-3-7-11-20)14-18-8-4-2-5-9-18;/h2-11,19,21,23H,12-17H2,1H3;1H. The minimum absolute atomic E-state index is 0. The summed E-state index contributed by atoms with van der Waals surface area (Å²) in [5, 5.41) is 3.23. The molecule has 2 unspecified atom stereocenters. The summed E-state index contributed by atoms with van der Waals surface area (Å²) in [5.41, 5.74) is 2.55. The summed E-state index contributed by atoms with van der Waals surface area (Å²) in [6.07, 6.45) is 2.61. The number of carbonyl (C=O) groups excluding carboxylic acids is 1. The maximum Gasteiger partial charge on any atom is 0.223 e. The van der Waals surface area contributed by atoms with E-state index >= 15 is 0 Å². The van der Waals surface area contributed by atoms with Crippen LogP contribution >= 0.6 is 12.4 Å². The normalized spacial score (nSPS) is 17.6. The lowest BCUT2D eigenvalue weighted by molar-refractivity contribution is -0.130. The molecule has 0 aliphatic carbocycles. The summed E-state index contributed by atoms with van der Waals surface area (Å²) >= 11 is 0. The molecule has 1 heterocycles. The van der Waals surface area contributed by atoms with E-state index in [4.69, 9.17) is 0 Å². The van der Waals surface area contributed by atoms with Crippen molar-refractivity contribution in [2.75, 3.05) is 26.7 Å². The second kappa shape index (κ2) is 10.3. The molecule has 2 aromatic rings. The van der Waals surface area contributed by atoms with E-state index in [0.717, 1.165) is 32.5 Å².